The van der Waals surface area contributed by atoms with E-state index in [1.54, 1.807) is 13.0 Å². The highest BCUT2D eigenvalue weighted by atomic mass is 32.1. The number of aromatic nitrogens is 2. The summed E-state index contributed by atoms with van der Waals surface area (Å²) in [4.78, 5) is 33.0. The van der Waals surface area contributed by atoms with Gasteiger partial charge in [-0.3, -0.25) is 9.59 Å². The molecule has 0 saturated carbocycles. The first-order valence-corrected chi connectivity index (χ1v) is 17.3. The van der Waals surface area contributed by atoms with Crippen LogP contribution in [0.2, 0.25) is 0 Å². The summed E-state index contributed by atoms with van der Waals surface area (Å²) in [6.45, 7) is 10.8. The van der Waals surface area contributed by atoms with Crippen LogP contribution in [-0.4, -0.2) is 41.7 Å². The number of aryl methyl sites for hydroxylation is 2. The molecule has 0 unspecified atom stereocenters. The summed E-state index contributed by atoms with van der Waals surface area (Å²) >= 11 is 1.43. The molecule has 6 rings (SSSR count). The molecule has 3 heterocycles. The second-order valence-electron chi connectivity index (χ2n) is 13.6. The molecule has 2 atom stereocenters. The molecule has 0 spiro atoms. The van der Waals surface area contributed by atoms with Gasteiger partial charge >= 0.3 is 0 Å². The Morgan fingerprint density at radius 3 is 2.65 bits per heavy atom. The third-order valence-electron chi connectivity index (χ3n) is 8.92. The lowest BCUT2D eigenvalue weighted by Crippen LogP contribution is -2.36. The van der Waals surface area contributed by atoms with Gasteiger partial charge in [0.05, 0.1) is 24.1 Å². The molecule has 0 radical (unpaired) electrons. The van der Waals surface area contributed by atoms with Crippen LogP contribution in [0.15, 0.2) is 77.3 Å². The molecule has 3 N–H and O–H groups in total. The number of fused-ring (bicyclic) bond motifs is 2. The molecule has 10 heteroatoms. The van der Waals surface area contributed by atoms with Crippen molar-refractivity contribution in [2.45, 2.75) is 59.6 Å². The number of anilines is 1. The molecule has 1 aliphatic carbocycles. The molecule has 0 saturated heterocycles. The maximum absolute atomic E-state index is 13.8. The van der Waals surface area contributed by atoms with Gasteiger partial charge in [0.15, 0.2) is 5.69 Å². The molecule has 0 fully saturated rings. The van der Waals surface area contributed by atoms with Crippen LogP contribution >= 0.6 is 11.3 Å². The summed E-state index contributed by atoms with van der Waals surface area (Å²) < 4.78 is 10.9. The fourth-order valence-electron chi connectivity index (χ4n) is 6.11. The Hall–Kier alpha value is -4.38. The van der Waals surface area contributed by atoms with E-state index in [2.05, 4.69) is 47.9 Å². The largest absolute Gasteiger partial charge is 0.375 e. The third kappa shape index (κ3) is 8.36. The van der Waals surface area contributed by atoms with Crippen LogP contribution in [0.5, 0.6) is 0 Å². The van der Waals surface area contributed by atoms with Crippen molar-refractivity contribution in [3.05, 3.63) is 112 Å². The van der Waals surface area contributed by atoms with Crippen molar-refractivity contribution < 1.29 is 18.8 Å². The molecule has 2 aromatic carbocycles. The van der Waals surface area contributed by atoms with Gasteiger partial charge in [0.25, 0.3) is 11.8 Å². The molecule has 5 aromatic rings. The second-order valence-corrected chi connectivity index (χ2v) is 14.6. The summed E-state index contributed by atoms with van der Waals surface area (Å²) in [6.07, 6.45) is 3.13. The number of carbonyl (C=O) groups is 2. The number of nitrogens with zero attached hydrogens (tertiary/aromatic N) is 2. The zero-order valence-corrected chi connectivity index (χ0v) is 28.8. The fraction of sp³-hybridized carbons (Fsp3) is 0.368. The van der Waals surface area contributed by atoms with Crippen LogP contribution in [-0.2, 0) is 24.2 Å². The van der Waals surface area contributed by atoms with E-state index >= 15 is 0 Å². The number of amides is 2. The number of pyridine rings is 1. The quantitative estimate of drug-likeness (QED) is 0.120. The van der Waals surface area contributed by atoms with Gasteiger partial charge in [-0.05, 0) is 78.5 Å². The number of thiophene rings is 1. The van der Waals surface area contributed by atoms with Gasteiger partial charge in [0.2, 0.25) is 0 Å². The predicted octanol–water partition coefficient (Wildman–Crippen LogP) is 7.27. The Labute approximate surface area is 285 Å². The van der Waals surface area contributed by atoms with E-state index in [0.717, 1.165) is 46.3 Å². The molecular weight excluding hydrogens is 623 g/mol. The zero-order valence-electron chi connectivity index (χ0n) is 28.0. The van der Waals surface area contributed by atoms with E-state index in [0.29, 0.717) is 48.5 Å². The van der Waals surface area contributed by atoms with Gasteiger partial charge in [-0.1, -0.05) is 68.4 Å². The summed E-state index contributed by atoms with van der Waals surface area (Å²) in [7, 11) is 0. The molecule has 1 aliphatic rings. The number of hydrogen-bond acceptors (Lipinski definition) is 8. The average molecular weight is 666 g/mol. The number of hydrogen-bond donors (Lipinski definition) is 3. The van der Waals surface area contributed by atoms with Crippen LogP contribution in [0.25, 0.3) is 10.2 Å². The zero-order chi connectivity index (χ0) is 33.7. The van der Waals surface area contributed by atoms with Gasteiger partial charge in [0, 0.05) is 35.9 Å². The topological polar surface area (TPSA) is 118 Å². The van der Waals surface area contributed by atoms with Crippen LogP contribution in [0.4, 0.5) is 5.69 Å². The smallest absolute Gasteiger partial charge is 0.277 e. The van der Waals surface area contributed by atoms with Gasteiger partial charge in [-0.15, -0.1) is 11.3 Å². The SMILES string of the molecule is Cc1cc(C(=O)Nc2cccc([C@@H](CNCCOCc3ccccc3)NC(=O)c3cc4cc5c(nc4s3)CC[C@@H](C(C)(C)C)C5)c2)no1. The van der Waals surface area contributed by atoms with Crippen molar-refractivity contribution in [2.75, 3.05) is 25.0 Å². The lowest BCUT2D eigenvalue weighted by atomic mass is 9.71. The van der Waals surface area contributed by atoms with E-state index in [1.807, 2.05) is 60.7 Å². The fourth-order valence-corrected chi connectivity index (χ4v) is 7.05. The Morgan fingerprint density at radius 1 is 1.04 bits per heavy atom. The molecule has 3 aromatic heterocycles. The van der Waals surface area contributed by atoms with E-state index in [9.17, 15) is 9.59 Å². The highest BCUT2D eigenvalue weighted by molar-refractivity contribution is 7.20. The van der Waals surface area contributed by atoms with E-state index in [4.69, 9.17) is 14.2 Å². The van der Waals surface area contributed by atoms with E-state index in [-0.39, 0.29) is 29.0 Å². The molecule has 9 nitrogen and oxygen atoms in total. The van der Waals surface area contributed by atoms with Crippen LogP contribution < -0.4 is 16.0 Å². The normalized spacial score (nSPS) is 15.2. The summed E-state index contributed by atoms with van der Waals surface area (Å²) in [6, 6.07) is 22.9. The number of ether oxygens (including phenoxy) is 1. The molecule has 0 aliphatic heterocycles. The number of nitrogens with one attached hydrogen (secondary N) is 3. The number of benzene rings is 2. The van der Waals surface area contributed by atoms with E-state index in [1.165, 1.54) is 16.9 Å². The first kappa shape index (κ1) is 33.5. The number of carbonyl (C=O) groups excluding carboxylic acids is 2. The number of rotatable bonds is 12. The van der Waals surface area contributed by atoms with Gasteiger partial charge < -0.3 is 25.2 Å². The van der Waals surface area contributed by atoms with Gasteiger partial charge in [0.1, 0.15) is 10.6 Å². The minimum absolute atomic E-state index is 0.164. The first-order chi connectivity index (χ1) is 23.1. The van der Waals surface area contributed by atoms with Crippen molar-refractivity contribution in [1.29, 1.82) is 0 Å². The second kappa shape index (κ2) is 14.8. The van der Waals surface area contributed by atoms with Gasteiger partial charge in [-0.25, -0.2) is 4.98 Å². The summed E-state index contributed by atoms with van der Waals surface area (Å²) in [5.41, 5.74) is 5.47. The van der Waals surface area contributed by atoms with Crippen LogP contribution in [0, 0.1) is 18.3 Å². The lowest BCUT2D eigenvalue weighted by molar-refractivity contribution is 0.0937. The minimum atomic E-state index is -0.378. The molecular formula is C38H43N5O4S. The maximum atomic E-state index is 13.8. The van der Waals surface area contributed by atoms with Gasteiger partial charge in [-0.2, -0.15) is 0 Å². The third-order valence-corrected chi connectivity index (χ3v) is 9.96. The Kier molecular flexibility index (Phi) is 10.3. The van der Waals surface area contributed by atoms with Crippen molar-refractivity contribution in [2.24, 2.45) is 11.3 Å². The molecule has 250 valence electrons. The first-order valence-electron chi connectivity index (χ1n) is 16.5. The molecule has 48 heavy (non-hydrogen) atoms. The highest BCUT2D eigenvalue weighted by Gasteiger charge is 2.30. The van der Waals surface area contributed by atoms with Crippen LogP contribution in [0.1, 0.15) is 81.5 Å². The Morgan fingerprint density at radius 2 is 1.88 bits per heavy atom. The Bertz CT molecular complexity index is 1880. The van der Waals surface area contributed by atoms with Crippen molar-refractivity contribution in [1.82, 2.24) is 20.8 Å². The standard InChI is InChI=1S/C38H43N5O4S/c1-24-17-32(43-47-24)35(44)40-30-12-8-11-26(20-30)33(22-39-15-16-46-23-25-9-6-5-7-10-25)41-36(45)34-21-28-18-27-19-29(38(2,3)4)13-14-31(27)42-37(28)48-34/h5-12,17-18,20-21,29,33,39H,13-16,19,22-23H2,1-4H3,(H,40,44)(H,41,45)/t29-,33-/m1/s1. The van der Waals surface area contributed by atoms with Crippen molar-refractivity contribution >= 4 is 39.1 Å². The highest BCUT2D eigenvalue weighted by Crippen LogP contribution is 2.38. The summed E-state index contributed by atoms with van der Waals surface area (Å²) in [5.74, 6) is 0.639. The lowest BCUT2D eigenvalue weighted by Gasteiger charge is -2.34. The summed E-state index contributed by atoms with van der Waals surface area (Å²) in [5, 5.41) is 14.4. The minimum Gasteiger partial charge on any atom is -0.375 e. The average Bonchev–Trinajstić information content (AvgIpc) is 3.70. The predicted molar refractivity (Wildman–Crippen MR) is 189 cm³/mol. The van der Waals surface area contributed by atoms with E-state index < -0.39 is 0 Å². The monoisotopic (exact) mass is 665 g/mol. The Balaban J connectivity index is 1.16. The molecule has 0 bridgehead atoms. The van der Waals surface area contributed by atoms with Crippen molar-refractivity contribution in [3.8, 4) is 0 Å². The van der Waals surface area contributed by atoms with Crippen LogP contribution in [0.3, 0.4) is 0 Å². The van der Waals surface area contributed by atoms with Crippen molar-refractivity contribution in [3.63, 3.8) is 0 Å². The molecule has 2 amide bonds. The maximum Gasteiger partial charge on any atom is 0.277 e.